The summed E-state index contributed by atoms with van der Waals surface area (Å²) < 4.78 is 18.6. The summed E-state index contributed by atoms with van der Waals surface area (Å²) in [5, 5.41) is 8.77. The summed E-state index contributed by atoms with van der Waals surface area (Å²) in [5.74, 6) is -1.98. The number of halogens is 1. The van der Waals surface area contributed by atoms with Crippen LogP contribution in [-0.2, 0) is 11.3 Å². The Hall–Kier alpha value is -1.42. The third-order valence-corrected chi connectivity index (χ3v) is 2.49. The van der Waals surface area contributed by atoms with E-state index in [4.69, 9.17) is 9.84 Å². The zero-order valence-corrected chi connectivity index (χ0v) is 10.1. The Balaban J connectivity index is 2.66. The Kier molecular flexibility index (Phi) is 5.10. The van der Waals surface area contributed by atoms with Gasteiger partial charge in [-0.05, 0) is 31.0 Å². The highest BCUT2D eigenvalue weighted by atomic mass is 19.1. The molecule has 94 valence electrons. The molecule has 0 spiro atoms. The SMILES string of the molecule is CCCC(C)OCc1ccc(F)c(C(=O)O)c1. The minimum absolute atomic E-state index is 0.123. The van der Waals surface area contributed by atoms with E-state index in [1.165, 1.54) is 6.07 Å². The molecule has 0 saturated carbocycles. The molecule has 17 heavy (non-hydrogen) atoms. The van der Waals surface area contributed by atoms with Gasteiger partial charge in [0.15, 0.2) is 0 Å². The van der Waals surface area contributed by atoms with Crippen LogP contribution in [0.2, 0.25) is 0 Å². The van der Waals surface area contributed by atoms with E-state index < -0.39 is 11.8 Å². The quantitative estimate of drug-likeness (QED) is 0.830. The molecule has 0 radical (unpaired) electrons. The predicted molar refractivity (Wildman–Crippen MR) is 62.5 cm³/mol. The molecular weight excluding hydrogens is 223 g/mol. The maximum Gasteiger partial charge on any atom is 0.338 e. The molecule has 0 saturated heterocycles. The number of benzene rings is 1. The zero-order valence-electron chi connectivity index (χ0n) is 10.1. The lowest BCUT2D eigenvalue weighted by Gasteiger charge is -2.12. The fraction of sp³-hybridized carbons (Fsp3) is 0.462. The molecule has 0 bridgehead atoms. The smallest absolute Gasteiger partial charge is 0.338 e. The zero-order chi connectivity index (χ0) is 12.8. The molecule has 1 atom stereocenters. The van der Waals surface area contributed by atoms with Gasteiger partial charge in [-0.15, -0.1) is 0 Å². The molecule has 0 heterocycles. The summed E-state index contributed by atoms with van der Waals surface area (Å²) in [6.45, 7) is 4.34. The lowest BCUT2D eigenvalue weighted by Crippen LogP contribution is -2.08. The number of hydrogen-bond donors (Lipinski definition) is 1. The molecule has 0 amide bonds. The van der Waals surface area contributed by atoms with Crippen LogP contribution in [0, 0.1) is 5.82 Å². The van der Waals surface area contributed by atoms with Crippen LogP contribution in [0.25, 0.3) is 0 Å². The average Bonchev–Trinajstić information content (AvgIpc) is 2.28. The Bertz CT molecular complexity index is 390. The Morgan fingerprint density at radius 1 is 1.53 bits per heavy atom. The summed E-state index contributed by atoms with van der Waals surface area (Å²) in [6.07, 6.45) is 2.11. The van der Waals surface area contributed by atoms with Gasteiger partial charge in [0, 0.05) is 0 Å². The van der Waals surface area contributed by atoms with Gasteiger partial charge in [-0.2, -0.15) is 0 Å². The largest absolute Gasteiger partial charge is 0.478 e. The van der Waals surface area contributed by atoms with Crippen molar-refractivity contribution in [1.29, 1.82) is 0 Å². The van der Waals surface area contributed by atoms with Crippen molar-refractivity contribution >= 4 is 5.97 Å². The summed E-state index contributed by atoms with van der Waals surface area (Å²) in [4.78, 5) is 10.7. The van der Waals surface area contributed by atoms with Gasteiger partial charge < -0.3 is 9.84 Å². The molecule has 1 unspecified atom stereocenters. The van der Waals surface area contributed by atoms with Crippen LogP contribution in [0.5, 0.6) is 0 Å². The van der Waals surface area contributed by atoms with Crippen molar-refractivity contribution in [2.75, 3.05) is 0 Å². The maximum absolute atomic E-state index is 13.1. The second-order valence-corrected chi connectivity index (χ2v) is 4.03. The van der Waals surface area contributed by atoms with Crippen LogP contribution in [0.4, 0.5) is 4.39 Å². The van der Waals surface area contributed by atoms with E-state index in [1.54, 1.807) is 6.07 Å². The Labute approximate surface area is 100 Å². The second-order valence-electron chi connectivity index (χ2n) is 4.03. The maximum atomic E-state index is 13.1. The van der Waals surface area contributed by atoms with Crippen molar-refractivity contribution in [3.8, 4) is 0 Å². The number of aromatic carboxylic acids is 1. The van der Waals surface area contributed by atoms with Gasteiger partial charge in [-0.1, -0.05) is 19.4 Å². The number of ether oxygens (including phenoxy) is 1. The number of hydrogen-bond acceptors (Lipinski definition) is 2. The summed E-state index contributed by atoms with van der Waals surface area (Å²) in [6, 6.07) is 4.02. The standard InChI is InChI=1S/C13H17FO3/c1-3-4-9(2)17-8-10-5-6-12(14)11(7-10)13(15)16/h5-7,9H,3-4,8H2,1-2H3,(H,15,16). The molecule has 1 aromatic rings. The third-order valence-electron chi connectivity index (χ3n) is 2.49. The topological polar surface area (TPSA) is 46.5 Å². The van der Waals surface area contributed by atoms with Gasteiger partial charge >= 0.3 is 5.97 Å². The van der Waals surface area contributed by atoms with Crippen molar-refractivity contribution in [3.05, 3.63) is 35.1 Å². The molecule has 1 rings (SSSR count). The minimum Gasteiger partial charge on any atom is -0.478 e. The predicted octanol–water partition coefficient (Wildman–Crippen LogP) is 3.23. The third kappa shape index (κ3) is 4.15. The Morgan fingerprint density at radius 2 is 2.24 bits per heavy atom. The molecule has 0 aliphatic heterocycles. The summed E-state index contributed by atoms with van der Waals surface area (Å²) in [5.41, 5.74) is 0.362. The van der Waals surface area contributed by atoms with Crippen molar-refractivity contribution in [2.24, 2.45) is 0 Å². The first-order valence-electron chi connectivity index (χ1n) is 5.68. The number of carbonyl (C=O) groups is 1. The van der Waals surface area contributed by atoms with E-state index in [0.717, 1.165) is 18.9 Å². The lowest BCUT2D eigenvalue weighted by molar-refractivity contribution is 0.0470. The average molecular weight is 240 g/mol. The van der Waals surface area contributed by atoms with E-state index in [1.807, 2.05) is 6.92 Å². The van der Waals surface area contributed by atoms with Gasteiger partial charge in [0.25, 0.3) is 0 Å². The molecule has 1 aromatic carbocycles. The normalized spacial score (nSPS) is 12.4. The number of rotatable bonds is 6. The van der Waals surface area contributed by atoms with E-state index in [9.17, 15) is 9.18 Å². The van der Waals surface area contributed by atoms with Gasteiger partial charge in [0.1, 0.15) is 5.82 Å². The van der Waals surface area contributed by atoms with Crippen molar-refractivity contribution in [3.63, 3.8) is 0 Å². The molecule has 0 fully saturated rings. The van der Waals surface area contributed by atoms with Gasteiger partial charge in [-0.3, -0.25) is 0 Å². The van der Waals surface area contributed by atoms with Crippen molar-refractivity contribution in [1.82, 2.24) is 0 Å². The fourth-order valence-electron chi connectivity index (χ4n) is 1.55. The molecule has 0 aromatic heterocycles. The minimum atomic E-state index is -1.26. The molecule has 4 heteroatoms. The number of carboxylic acid groups (broad SMARTS) is 1. The van der Waals surface area contributed by atoms with E-state index >= 15 is 0 Å². The molecular formula is C13H17FO3. The number of carboxylic acids is 1. The van der Waals surface area contributed by atoms with E-state index in [-0.39, 0.29) is 11.7 Å². The summed E-state index contributed by atoms with van der Waals surface area (Å²) in [7, 11) is 0. The molecule has 3 nitrogen and oxygen atoms in total. The lowest BCUT2D eigenvalue weighted by atomic mass is 10.1. The molecule has 0 aliphatic carbocycles. The molecule has 1 N–H and O–H groups in total. The highest BCUT2D eigenvalue weighted by molar-refractivity contribution is 5.88. The first-order valence-corrected chi connectivity index (χ1v) is 5.68. The van der Waals surface area contributed by atoms with Crippen LogP contribution in [-0.4, -0.2) is 17.2 Å². The van der Waals surface area contributed by atoms with Gasteiger partial charge in [0.05, 0.1) is 18.3 Å². The molecule has 0 aliphatic rings. The fourth-order valence-corrected chi connectivity index (χ4v) is 1.55. The van der Waals surface area contributed by atoms with E-state index in [2.05, 4.69) is 6.92 Å². The first kappa shape index (κ1) is 13.6. The highest BCUT2D eigenvalue weighted by Crippen LogP contribution is 2.13. The Morgan fingerprint density at radius 3 is 2.82 bits per heavy atom. The van der Waals surface area contributed by atoms with Crippen LogP contribution < -0.4 is 0 Å². The monoisotopic (exact) mass is 240 g/mol. The van der Waals surface area contributed by atoms with Gasteiger partial charge in [0.2, 0.25) is 0 Å². The van der Waals surface area contributed by atoms with Crippen molar-refractivity contribution in [2.45, 2.75) is 39.4 Å². The van der Waals surface area contributed by atoms with E-state index in [0.29, 0.717) is 12.2 Å². The second kappa shape index (κ2) is 6.35. The van der Waals surface area contributed by atoms with Crippen LogP contribution in [0.3, 0.4) is 0 Å². The first-order chi connectivity index (χ1) is 8.04. The van der Waals surface area contributed by atoms with Crippen LogP contribution in [0.15, 0.2) is 18.2 Å². The summed E-state index contributed by atoms with van der Waals surface area (Å²) >= 11 is 0. The van der Waals surface area contributed by atoms with Gasteiger partial charge in [-0.25, -0.2) is 9.18 Å². The van der Waals surface area contributed by atoms with Crippen molar-refractivity contribution < 1.29 is 19.0 Å². The van der Waals surface area contributed by atoms with Crippen LogP contribution in [0.1, 0.15) is 42.6 Å². The highest BCUT2D eigenvalue weighted by Gasteiger charge is 2.11. The van der Waals surface area contributed by atoms with Crippen LogP contribution >= 0.6 is 0 Å².